The number of carbonyl (C=O) groups is 1. The SMILES string of the molecule is COc1ccc(Br)c(C(=O)Nc2cc(N3CCC(C)CC3)ncn2)c1. The summed E-state index contributed by atoms with van der Waals surface area (Å²) in [5, 5.41) is 2.84. The number of halogens is 1. The van der Waals surface area contributed by atoms with Gasteiger partial charge in [-0.05, 0) is 52.9 Å². The van der Waals surface area contributed by atoms with Crippen LogP contribution in [0.2, 0.25) is 0 Å². The van der Waals surface area contributed by atoms with Gasteiger partial charge in [0.1, 0.15) is 23.7 Å². The maximum absolute atomic E-state index is 12.6. The highest BCUT2D eigenvalue weighted by atomic mass is 79.9. The Bertz CT molecular complexity index is 760. The molecule has 0 atom stereocenters. The van der Waals surface area contributed by atoms with Crippen LogP contribution < -0.4 is 15.0 Å². The molecule has 1 amide bonds. The van der Waals surface area contributed by atoms with Crippen LogP contribution in [0.4, 0.5) is 11.6 Å². The first-order valence-corrected chi connectivity index (χ1v) is 9.08. The van der Waals surface area contributed by atoms with Gasteiger partial charge in [0.15, 0.2) is 0 Å². The van der Waals surface area contributed by atoms with Crippen LogP contribution >= 0.6 is 15.9 Å². The molecular formula is C18H21BrN4O2. The van der Waals surface area contributed by atoms with Crippen molar-refractivity contribution in [1.29, 1.82) is 0 Å². The average Bonchev–Trinajstić information content (AvgIpc) is 2.63. The molecule has 0 aliphatic carbocycles. The van der Waals surface area contributed by atoms with Crippen LogP contribution in [-0.4, -0.2) is 36.1 Å². The molecule has 1 N–H and O–H groups in total. The molecular weight excluding hydrogens is 384 g/mol. The number of hydrogen-bond acceptors (Lipinski definition) is 5. The number of benzene rings is 1. The molecule has 1 aromatic heterocycles. The summed E-state index contributed by atoms with van der Waals surface area (Å²) in [6, 6.07) is 7.09. The van der Waals surface area contributed by atoms with Crippen molar-refractivity contribution in [2.75, 3.05) is 30.4 Å². The van der Waals surface area contributed by atoms with Crippen LogP contribution in [0, 0.1) is 5.92 Å². The van der Waals surface area contributed by atoms with Gasteiger partial charge in [-0.2, -0.15) is 0 Å². The van der Waals surface area contributed by atoms with Gasteiger partial charge < -0.3 is 15.0 Å². The second kappa shape index (κ2) is 7.82. The van der Waals surface area contributed by atoms with Gasteiger partial charge >= 0.3 is 0 Å². The van der Waals surface area contributed by atoms with E-state index in [1.165, 1.54) is 6.33 Å². The fourth-order valence-corrected chi connectivity index (χ4v) is 3.24. The number of hydrogen-bond donors (Lipinski definition) is 1. The van der Waals surface area contributed by atoms with Gasteiger partial charge in [0.25, 0.3) is 5.91 Å². The fraction of sp³-hybridized carbons (Fsp3) is 0.389. The Morgan fingerprint density at radius 2 is 2.04 bits per heavy atom. The van der Waals surface area contributed by atoms with Crippen LogP contribution in [0.25, 0.3) is 0 Å². The Kier molecular flexibility index (Phi) is 5.53. The third-order valence-electron chi connectivity index (χ3n) is 4.42. The number of carbonyl (C=O) groups excluding carboxylic acids is 1. The summed E-state index contributed by atoms with van der Waals surface area (Å²) in [5.41, 5.74) is 0.492. The van der Waals surface area contributed by atoms with Crippen molar-refractivity contribution in [3.05, 3.63) is 40.6 Å². The summed E-state index contributed by atoms with van der Waals surface area (Å²) in [6.45, 7) is 4.23. The average molecular weight is 405 g/mol. The molecule has 1 aliphatic rings. The Morgan fingerprint density at radius 3 is 2.76 bits per heavy atom. The largest absolute Gasteiger partial charge is 0.497 e. The number of anilines is 2. The zero-order valence-corrected chi connectivity index (χ0v) is 15.9. The van der Waals surface area contributed by atoms with Gasteiger partial charge in [-0.25, -0.2) is 9.97 Å². The lowest BCUT2D eigenvalue weighted by atomic mass is 9.99. The molecule has 1 fully saturated rings. The number of nitrogens with one attached hydrogen (secondary N) is 1. The molecule has 2 aromatic rings. The minimum atomic E-state index is -0.248. The Balaban J connectivity index is 1.75. The smallest absolute Gasteiger partial charge is 0.258 e. The molecule has 132 valence electrons. The van der Waals surface area contributed by atoms with E-state index in [9.17, 15) is 4.79 Å². The number of methoxy groups -OCH3 is 1. The van der Waals surface area contributed by atoms with E-state index in [-0.39, 0.29) is 5.91 Å². The van der Waals surface area contributed by atoms with E-state index in [1.54, 1.807) is 25.3 Å². The van der Waals surface area contributed by atoms with E-state index in [2.05, 4.69) is 43.0 Å². The highest BCUT2D eigenvalue weighted by Crippen LogP contribution is 2.25. The van der Waals surface area contributed by atoms with Gasteiger partial charge in [0.05, 0.1) is 12.7 Å². The van der Waals surface area contributed by atoms with Crippen molar-refractivity contribution in [2.45, 2.75) is 19.8 Å². The normalized spacial score (nSPS) is 15.1. The third kappa shape index (κ3) is 4.28. The summed E-state index contributed by atoms with van der Waals surface area (Å²) < 4.78 is 5.88. The summed E-state index contributed by atoms with van der Waals surface area (Å²) >= 11 is 3.40. The van der Waals surface area contributed by atoms with Crippen molar-refractivity contribution in [3.63, 3.8) is 0 Å². The third-order valence-corrected chi connectivity index (χ3v) is 5.11. The lowest BCUT2D eigenvalue weighted by Gasteiger charge is -2.31. The van der Waals surface area contributed by atoms with E-state index in [1.807, 2.05) is 6.07 Å². The van der Waals surface area contributed by atoms with Gasteiger partial charge in [0.2, 0.25) is 0 Å². The lowest BCUT2D eigenvalue weighted by molar-refractivity contribution is 0.102. The Morgan fingerprint density at radius 1 is 1.28 bits per heavy atom. The molecule has 1 aliphatic heterocycles. The molecule has 1 saturated heterocycles. The second-order valence-corrected chi connectivity index (χ2v) is 7.09. The van der Waals surface area contributed by atoms with Crippen LogP contribution in [-0.2, 0) is 0 Å². The summed E-state index contributed by atoms with van der Waals surface area (Å²) in [4.78, 5) is 23.3. The number of piperidine rings is 1. The zero-order chi connectivity index (χ0) is 17.8. The molecule has 0 saturated carbocycles. The number of aromatic nitrogens is 2. The van der Waals surface area contributed by atoms with Crippen molar-refractivity contribution >= 4 is 33.5 Å². The van der Waals surface area contributed by atoms with E-state index in [0.717, 1.165) is 37.7 Å². The number of rotatable bonds is 4. The molecule has 7 heteroatoms. The van der Waals surface area contributed by atoms with Crippen LogP contribution in [0.1, 0.15) is 30.1 Å². The van der Waals surface area contributed by atoms with E-state index in [0.29, 0.717) is 21.6 Å². The monoisotopic (exact) mass is 404 g/mol. The van der Waals surface area contributed by atoms with Gasteiger partial charge in [-0.15, -0.1) is 0 Å². The minimum Gasteiger partial charge on any atom is -0.497 e. The molecule has 3 rings (SSSR count). The zero-order valence-electron chi connectivity index (χ0n) is 14.3. The van der Waals surface area contributed by atoms with Crippen molar-refractivity contribution < 1.29 is 9.53 Å². The number of ether oxygens (including phenoxy) is 1. The maximum atomic E-state index is 12.6. The Labute approximate surface area is 155 Å². The van der Waals surface area contributed by atoms with E-state index >= 15 is 0 Å². The predicted molar refractivity (Wildman–Crippen MR) is 101 cm³/mol. The highest BCUT2D eigenvalue weighted by molar-refractivity contribution is 9.10. The van der Waals surface area contributed by atoms with Crippen LogP contribution in [0.5, 0.6) is 5.75 Å². The molecule has 0 radical (unpaired) electrons. The van der Waals surface area contributed by atoms with E-state index < -0.39 is 0 Å². The summed E-state index contributed by atoms with van der Waals surface area (Å²) in [6.07, 6.45) is 3.80. The minimum absolute atomic E-state index is 0.248. The standard InChI is InChI=1S/C18H21BrN4O2/c1-12-5-7-23(8-6-12)17-10-16(20-11-21-17)22-18(24)14-9-13(25-2)3-4-15(14)19/h3-4,9-12H,5-8H2,1-2H3,(H,20,21,22,24). The first-order valence-electron chi connectivity index (χ1n) is 8.28. The quantitative estimate of drug-likeness (QED) is 0.840. The molecule has 0 bridgehead atoms. The molecule has 0 spiro atoms. The van der Waals surface area contributed by atoms with Gasteiger partial charge in [-0.1, -0.05) is 6.92 Å². The maximum Gasteiger partial charge on any atom is 0.258 e. The summed E-state index contributed by atoms with van der Waals surface area (Å²) in [7, 11) is 1.57. The molecule has 2 heterocycles. The fourth-order valence-electron chi connectivity index (χ4n) is 2.82. The van der Waals surface area contributed by atoms with Gasteiger partial charge in [0, 0.05) is 23.6 Å². The molecule has 25 heavy (non-hydrogen) atoms. The van der Waals surface area contributed by atoms with Crippen molar-refractivity contribution in [1.82, 2.24) is 9.97 Å². The number of nitrogens with zero attached hydrogens (tertiary/aromatic N) is 3. The topological polar surface area (TPSA) is 67.3 Å². The molecule has 1 aromatic carbocycles. The van der Waals surface area contributed by atoms with Crippen molar-refractivity contribution in [3.8, 4) is 5.75 Å². The Hall–Kier alpha value is -2.15. The number of amides is 1. The second-order valence-electron chi connectivity index (χ2n) is 6.23. The first kappa shape index (κ1) is 17.7. The molecule has 6 nitrogen and oxygen atoms in total. The molecule has 0 unspecified atom stereocenters. The van der Waals surface area contributed by atoms with Crippen molar-refractivity contribution in [2.24, 2.45) is 5.92 Å². The van der Waals surface area contributed by atoms with Crippen LogP contribution in [0.15, 0.2) is 35.1 Å². The summed E-state index contributed by atoms with van der Waals surface area (Å²) in [5.74, 6) is 2.47. The lowest BCUT2D eigenvalue weighted by Crippen LogP contribution is -2.33. The van der Waals surface area contributed by atoms with Crippen LogP contribution in [0.3, 0.4) is 0 Å². The van der Waals surface area contributed by atoms with Gasteiger partial charge in [-0.3, -0.25) is 4.79 Å². The highest BCUT2D eigenvalue weighted by Gasteiger charge is 2.18. The first-order chi connectivity index (χ1) is 12.1. The van der Waals surface area contributed by atoms with E-state index in [4.69, 9.17) is 4.74 Å². The predicted octanol–water partition coefficient (Wildman–Crippen LogP) is 3.74.